The molecule has 0 spiro atoms. The van der Waals surface area contributed by atoms with Gasteiger partial charge in [0.15, 0.2) is 16.9 Å². The van der Waals surface area contributed by atoms with Crippen molar-refractivity contribution in [2.45, 2.75) is 25.0 Å². The third-order valence-corrected chi connectivity index (χ3v) is 7.32. The quantitative estimate of drug-likeness (QED) is 0.409. The largest absolute Gasteiger partial charge is 0.367 e. The monoisotopic (exact) mass is 481 g/mol. The van der Waals surface area contributed by atoms with Gasteiger partial charge < -0.3 is 15.0 Å². The van der Waals surface area contributed by atoms with Crippen molar-refractivity contribution in [1.82, 2.24) is 20.2 Å². The molecule has 0 bridgehead atoms. The van der Waals surface area contributed by atoms with Crippen LogP contribution in [0.15, 0.2) is 48.7 Å². The third-order valence-electron chi connectivity index (χ3n) is 5.48. The molecule has 5 rings (SSSR count). The maximum Gasteiger partial charge on any atom is 0.259 e. The van der Waals surface area contributed by atoms with Crippen LogP contribution in [0.3, 0.4) is 0 Å². The Kier molecular flexibility index (Phi) is 6.42. The first-order chi connectivity index (χ1) is 16.2. The van der Waals surface area contributed by atoms with E-state index in [1.54, 1.807) is 17.5 Å². The predicted octanol–water partition coefficient (Wildman–Crippen LogP) is 3.95. The van der Waals surface area contributed by atoms with E-state index in [9.17, 15) is 4.79 Å². The normalized spacial score (nSPS) is 15.5. The van der Waals surface area contributed by atoms with Gasteiger partial charge in [-0.2, -0.15) is 4.98 Å². The van der Waals surface area contributed by atoms with Gasteiger partial charge in [-0.25, -0.2) is 4.98 Å². The Balaban J connectivity index is 1.15. The molecule has 1 fully saturated rings. The molecule has 1 aromatic carbocycles. The van der Waals surface area contributed by atoms with E-state index in [0.717, 1.165) is 47.0 Å². The van der Waals surface area contributed by atoms with Crippen molar-refractivity contribution in [3.05, 3.63) is 54.2 Å². The first kappa shape index (κ1) is 21.7. The summed E-state index contributed by atoms with van der Waals surface area (Å²) in [4.78, 5) is 24.0. The number of amides is 1. The van der Waals surface area contributed by atoms with Gasteiger partial charge in [0.1, 0.15) is 0 Å². The van der Waals surface area contributed by atoms with Crippen molar-refractivity contribution >= 4 is 54.3 Å². The number of hydrogen-bond acceptors (Lipinski definition) is 10. The summed E-state index contributed by atoms with van der Waals surface area (Å²) in [6.07, 6.45) is 3.00. The number of piperidine rings is 1. The van der Waals surface area contributed by atoms with Crippen molar-refractivity contribution in [2.24, 2.45) is 0 Å². The number of nitrogens with one attached hydrogen (secondary N) is 2. The highest BCUT2D eigenvalue weighted by Crippen LogP contribution is 2.30. The van der Waals surface area contributed by atoms with Crippen LogP contribution in [0.1, 0.15) is 24.5 Å². The minimum absolute atomic E-state index is 0.273. The molecule has 4 aromatic rings. The number of thiazole rings is 1. The molecule has 170 valence electrons. The zero-order valence-electron chi connectivity index (χ0n) is 18.0. The first-order valence-corrected chi connectivity index (χ1v) is 12.3. The number of ether oxygens (including phenoxy) is 1. The Morgan fingerprint density at radius 3 is 2.64 bits per heavy atom. The number of rotatable bonds is 7. The Morgan fingerprint density at radius 2 is 1.88 bits per heavy atom. The number of fused-ring (bicyclic) bond motifs is 1. The summed E-state index contributed by atoms with van der Waals surface area (Å²) in [6, 6.07) is 13.7. The number of anilines is 3. The fraction of sp³-hybridized carbons (Fsp3) is 0.318. The number of methoxy groups -OCH3 is 1. The van der Waals surface area contributed by atoms with Gasteiger partial charge in [0.05, 0.1) is 4.70 Å². The summed E-state index contributed by atoms with van der Waals surface area (Å²) in [5, 5.41) is 16.7. The SMILES string of the molecule is CO[C@@H](C(=O)Nc1nnc(NC2CCN(c3nc4ncccc4s3)CC2)s1)c1ccccc1. The van der Waals surface area contributed by atoms with Gasteiger partial charge in [-0.05, 0) is 30.5 Å². The fourth-order valence-corrected chi connectivity index (χ4v) is 5.51. The standard InChI is InChI=1S/C22H23N7O2S2/c1-31-17(14-6-3-2-4-7-14)19(30)26-21-28-27-20(33-21)24-15-9-12-29(13-10-15)22-25-18-16(32-22)8-5-11-23-18/h2-8,11,15,17H,9-10,12-13H2,1H3,(H,24,27)(H,26,28,30)/t17-/m1/s1. The van der Waals surface area contributed by atoms with Gasteiger partial charge in [0, 0.05) is 32.4 Å². The van der Waals surface area contributed by atoms with Crippen molar-refractivity contribution in [3.8, 4) is 0 Å². The number of hydrogen-bond donors (Lipinski definition) is 2. The van der Waals surface area contributed by atoms with Gasteiger partial charge in [-0.3, -0.25) is 10.1 Å². The second kappa shape index (κ2) is 9.77. The van der Waals surface area contributed by atoms with E-state index in [2.05, 4.69) is 41.8 Å². The molecule has 11 heteroatoms. The maximum atomic E-state index is 12.6. The van der Waals surface area contributed by atoms with Gasteiger partial charge in [-0.1, -0.05) is 53.0 Å². The summed E-state index contributed by atoms with van der Waals surface area (Å²) < 4.78 is 6.49. The minimum Gasteiger partial charge on any atom is -0.367 e. The smallest absolute Gasteiger partial charge is 0.259 e. The van der Waals surface area contributed by atoms with Crippen molar-refractivity contribution in [2.75, 3.05) is 35.7 Å². The number of benzene rings is 1. The number of pyridine rings is 1. The molecule has 4 heterocycles. The zero-order chi connectivity index (χ0) is 22.6. The second-order valence-corrected chi connectivity index (χ2v) is 9.64. The van der Waals surface area contributed by atoms with E-state index in [0.29, 0.717) is 16.3 Å². The molecule has 9 nitrogen and oxygen atoms in total. The summed E-state index contributed by atoms with van der Waals surface area (Å²) in [7, 11) is 1.52. The molecule has 1 saturated heterocycles. The average molecular weight is 482 g/mol. The van der Waals surface area contributed by atoms with E-state index < -0.39 is 6.10 Å². The van der Waals surface area contributed by atoms with Crippen LogP contribution in [0.25, 0.3) is 10.3 Å². The van der Waals surface area contributed by atoms with Crippen LogP contribution in [0.5, 0.6) is 0 Å². The molecule has 33 heavy (non-hydrogen) atoms. The summed E-state index contributed by atoms with van der Waals surface area (Å²) in [5.41, 5.74) is 1.60. The molecule has 0 saturated carbocycles. The number of carbonyl (C=O) groups excluding carboxylic acids is 1. The molecule has 1 aliphatic heterocycles. The highest BCUT2D eigenvalue weighted by Gasteiger charge is 2.24. The van der Waals surface area contributed by atoms with E-state index in [1.807, 2.05) is 36.4 Å². The summed E-state index contributed by atoms with van der Waals surface area (Å²) in [5.74, 6) is -0.273. The Morgan fingerprint density at radius 1 is 1.09 bits per heavy atom. The van der Waals surface area contributed by atoms with Crippen molar-refractivity contribution in [3.63, 3.8) is 0 Å². The second-order valence-electron chi connectivity index (χ2n) is 7.66. The minimum atomic E-state index is -0.700. The van der Waals surface area contributed by atoms with Gasteiger partial charge in [0.25, 0.3) is 5.91 Å². The van der Waals surface area contributed by atoms with E-state index in [4.69, 9.17) is 4.74 Å². The van der Waals surface area contributed by atoms with Crippen LogP contribution < -0.4 is 15.5 Å². The Hall–Kier alpha value is -3.15. The molecule has 0 radical (unpaired) electrons. The predicted molar refractivity (Wildman–Crippen MR) is 131 cm³/mol. The van der Waals surface area contributed by atoms with Crippen molar-refractivity contribution in [1.29, 1.82) is 0 Å². The van der Waals surface area contributed by atoms with Crippen LogP contribution in [0.2, 0.25) is 0 Å². The van der Waals surface area contributed by atoms with E-state index >= 15 is 0 Å². The third kappa shape index (κ3) is 4.95. The molecule has 2 N–H and O–H groups in total. The molecular formula is C22H23N7O2S2. The van der Waals surface area contributed by atoms with E-state index in [1.165, 1.54) is 18.4 Å². The van der Waals surface area contributed by atoms with Crippen LogP contribution in [-0.2, 0) is 9.53 Å². The number of nitrogens with zero attached hydrogens (tertiary/aromatic N) is 5. The lowest BCUT2D eigenvalue weighted by atomic mass is 10.1. The molecule has 1 aliphatic rings. The average Bonchev–Trinajstić information content (AvgIpc) is 3.47. The molecule has 0 aliphatic carbocycles. The zero-order valence-corrected chi connectivity index (χ0v) is 19.6. The lowest BCUT2D eigenvalue weighted by Crippen LogP contribution is -2.39. The molecule has 1 atom stereocenters. The van der Waals surface area contributed by atoms with Gasteiger partial charge in [0.2, 0.25) is 10.3 Å². The number of aromatic nitrogens is 4. The Labute approximate surface area is 198 Å². The fourth-order valence-electron chi connectivity index (χ4n) is 3.81. The molecule has 3 aromatic heterocycles. The van der Waals surface area contributed by atoms with Crippen LogP contribution in [0, 0.1) is 0 Å². The molecular weight excluding hydrogens is 458 g/mol. The lowest BCUT2D eigenvalue weighted by molar-refractivity contribution is -0.126. The Bertz CT molecular complexity index is 1190. The maximum absolute atomic E-state index is 12.6. The number of carbonyl (C=O) groups is 1. The van der Waals surface area contributed by atoms with Crippen molar-refractivity contribution < 1.29 is 9.53 Å². The highest BCUT2D eigenvalue weighted by atomic mass is 32.1. The summed E-state index contributed by atoms with van der Waals surface area (Å²) in [6.45, 7) is 1.82. The van der Waals surface area contributed by atoms with Crippen LogP contribution in [-0.4, -0.2) is 52.3 Å². The lowest BCUT2D eigenvalue weighted by Gasteiger charge is -2.31. The highest BCUT2D eigenvalue weighted by molar-refractivity contribution is 7.22. The van der Waals surface area contributed by atoms with Gasteiger partial charge >= 0.3 is 0 Å². The summed E-state index contributed by atoms with van der Waals surface area (Å²) >= 11 is 3.01. The topological polar surface area (TPSA) is 105 Å². The van der Waals surface area contributed by atoms with Crippen LogP contribution >= 0.6 is 22.7 Å². The van der Waals surface area contributed by atoms with Crippen LogP contribution in [0.4, 0.5) is 15.4 Å². The first-order valence-electron chi connectivity index (χ1n) is 10.6. The molecule has 0 unspecified atom stereocenters. The van der Waals surface area contributed by atoms with Gasteiger partial charge in [-0.15, -0.1) is 10.2 Å². The van der Waals surface area contributed by atoms with E-state index in [-0.39, 0.29) is 5.91 Å². The molecule has 1 amide bonds.